The first-order valence-electron chi connectivity index (χ1n) is 6.13. The molecule has 104 valence electrons. The van der Waals surface area contributed by atoms with E-state index in [4.69, 9.17) is 20.9 Å². The van der Waals surface area contributed by atoms with Gasteiger partial charge >= 0.3 is 5.97 Å². The van der Waals surface area contributed by atoms with Crippen molar-refractivity contribution in [1.82, 2.24) is 0 Å². The Morgan fingerprint density at radius 2 is 2.21 bits per heavy atom. The van der Waals surface area contributed by atoms with Gasteiger partial charge in [-0.3, -0.25) is 0 Å². The second-order valence-electron chi connectivity index (χ2n) is 4.24. The summed E-state index contributed by atoms with van der Waals surface area (Å²) in [7, 11) is 0. The summed E-state index contributed by atoms with van der Waals surface area (Å²) in [4.78, 5) is 11.0. The van der Waals surface area contributed by atoms with E-state index >= 15 is 0 Å². The van der Waals surface area contributed by atoms with E-state index in [-0.39, 0.29) is 6.10 Å². The van der Waals surface area contributed by atoms with Crippen molar-refractivity contribution in [3.8, 4) is 5.75 Å². The smallest absolute Gasteiger partial charge is 0.330 e. The number of nitrogen functional groups attached to an aromatic ring is 2. The van der Waals surface area contributed by atoms with Crippen LogP contribution in [0.3, 0.4) is 0 Å². The molecule has 1 atom stereocenters. The Hall–Kier alpha value is -2.17. The summed E-state index contributed by atoms with van der Waals surface area (Å²) in [6.07, 6.45) is 2.45. The van der Waals surface area contributed by atoms with Crippen molar-refractivity contribution in [1.29, 1.82) is 0 Å². The van der Waals surface area contributed by atoms with Gasteiger partial charge < -0.3 is 20.9 Å². The van der Waals surface area contributed by atoms with Crippen LogP contribution in [0, 0.1) is 0 Å². The van der Waals surface area contributed by atoms with Gasteiger partial charge in [-0.05, 0) is 31.9 Å². The third-order valence-electron chi connectivity index (χ3n) is 2.53. The lowest BCUT2D eigenvalue weighted by molar-refractivity contribution is -0.142. The Morgan fingerprint density at radius 1 is 1.47 bits per heavy atom. The highest BCUT2D eigenvalue weighted by Crippen LogP contribution is 2.24. The highest BCUT2D eigenvalue weighted by Gasteiger charge is 2.07. The molecule has 0 amide bonds. The number of esters is 1. The quantitative estimate of drug-likeness (QED) is 0.341. The molecule has 4 N–H and O–H groups in total. The molecule has 0 radical (unpaired) electrons. The number of hydrogen-bond acceptors (Lipinski definition) is 5. The van der Waals surface area contributed by atoms with Crippen LogP contribution < -0.4 is 16.2 Å². The fourth-order valence-corrected chi connectivity index (χ4v) is 1.53. The van der Waals surface area contributed by atoms with Crippen LogP contribution in [0.1, 0.15) is 19.8 Å². The SMILES string of the molecule is C=CC(=O)OC(C)CCCOc1cc(N)ccc1N. The first-order valence-corrected chi connectivity index (χ1v) is 6.13. The van der Waals surface area contributed by atoms with Crippen molar-refractivity contribution in [2.75, 3.05) is 18.1 Å². The summed E-state index contributed by atoms with van der Waals surface area (Å²) >= 11 is 0. The monoisotopic (exact) mass is 264 g/mol. The summed E-state index contributed by atoms with van der Waals surface area (Å²) in [5.41, 5.74) is 12.6. The fraction of sp³-hybridized carbons (Fsp3) is 0.357. The molecule has 0 saturated heterocycles. The maximum Gasteiger partial charge on any atom is 0.330 e. The van der Waals surface area contributed by atoms with Gasteiger partial charge in [-0.2, -0.15) is 0 Å². The molecule has 0 bridgehead atoms. The van der Waals surface area contributed by atoms with Gasteiger partial charge in [-0.25, -0.2) is 4.79 Å². The van der Waals surface area contributed by atoms with Crippen LogP contribution in [-0.4, -0.2) is 18.7 Å². The Kier molecular flexibility index (Phi) is 5.73. The lowest BCUT2D eigenvalue weighted by Gasteiger charge is -2.13. The third-order valence-corrected chi connectivity index (χ3v) is 2.53. The standard InChI is InChI=1S/C14H20N2O3/c1-3-14(17)19-10(2)5-4-8-18-13-9-11(15)6-7-12(13)16/h3,6-7,9-10H,1,4-5,8,15-16H2,2H3. The molecule has 0 aliphatic carbocycles. The number of anilines is 2. The zero-order valence-electron chi connectivity index (χ0n) is 11.1. The van der Waals surface area contributed by atoms with E-state index in [2.05, 4.69) is 6.58 Å². The van der Waals surface area contributed by atoms with Gasteiger partial charge in [-0.1, -0.05) is 6.58 Å². The average Bonchev–Trinajstić information content (AvgIpc) is 2.38. The first kappa shape index (κ1) is 14.9. The first-order chi connectivity index (χ1) is 9.02. The predicted octanol–water partition coefficient (Wildman–Crippen LogP) is 2.13. The minimum absolute atomic E-state index is 0.160. The molecule has 1 rings (SSSR count). The highest BCUT2D eigenvalue weighted by atomic mass is 16.5. The van der Waals surface area contributed by atoms with Crippen LogP contribution in [0.15, 0.2) is 30.9 Å². The van der Waals surface area contributed by atoms with E-state index in [1.807, 2.05) is 6.92 Å². The number of carbonyl (C=O) groups is 1. The number of benzene rings is 1. The van der Waals surface area contributed by atoms with Gasteiger partial charge in [0, 0.05) is 17.8 Å². The topological polar surface area (TPSA) is 87.6 Å². The predicted molar refractivity (Wildman–Crippen MR) is 75.7 cm³/mol. The molecule has 0 aliphatic heterocycles. The van der Waals surface area contributed by atoms with Crippen molar-refractivity contribution in [2.24, 2.45) is 0 Å². The molecule has 0 aliphatic rings. The van der Waals surface area contributed by atoms with E-state index < -0.39 is 5.97 Å². The molecule has 0 saturated carbocycles. The summed E-state index contributed by atoms with van der Waals surface area (Å²) < 4.78 is 10.6. The lowest BCUT2D eigenvalue weighted by atomic mass is 10.2. The minimum Gasteiger partial charge on any atom is -0.491 e. The second-order valence-corrected chi connectivity index (χ2v) is 4.24. The molecule has 1 aromatic carbocycles. The van der Waals surface area contributed by atoms with Gasteiger partial charge in [0.05, 0.1) is 18.4 Å². The largest absolute Gasteiger partial charge is 0.491 e. The van der Waals surface area contributed by atoms with Crippen molar-refractivity contribution in [3.63, 3.8) is 0 Å². The molecular weight excluding hydrogens is 244 g/mol. The van der Waals surface area contributed by atoms with Crippen molar-refractivity contribution in [2.45, 2.75) is 25.9 Å². The number of nitrogens with two attached hydrogens (primary N) is 2. The normalized spacial score (nSPS) is 11.6. The number of ether oxygens (including phenoxy) is 2. The Morgan fingerprint density at radius 3 is 2.89 bits per heavy atom. The number of hydrogen-bond donors (Lipinski definition) is 2. The molecular formula is C14H20N2O3. The van der Waals surface area contributed by atoms with Crippen LogP contribution in [0.25, 0.3) is 0 Å². The highest BCUT2D eigenvalue weighted by molar-refractivity contribution is 5.81. The van der Waals surface area contributed by atoms with E-state index in [0.717, 1.165) is 12.5 Å². The average molecular weight is 264 g/mol. The molecule has 0 aromatic heterocycles. The van der Waals surface area contributed by atoms with E-state index in [9.17, 15) is 4.79 Å². The van der Waals surface area contributed by atoms with Crippen LogP contribution in [0.5, 0.6) is 5.75 Å². The molecule has 0 heterocycles. The summed E-state index contributed by atoms with van der Waals surface area (Å²) in [6, 6.07) is 5.12. The zero-order chi connectivity index (χ0) is 14.3. The van der Waals surface area contributed by atoms with Crippen molar-refractivity contribution >= 4 is 17.3 Å². The Balaban J connectivity index is 2.29. The number of rotatable bonds is 7. The summed E-state index contributed by atoms with van der Waals surface area (Å²) in [6.45, 7) is 5.66. The zero-order valence-corrected chi connectivity index (χ0v) is 11.1. The van der Waals surface area contributed by atoms with Crippen LogP contribution in [-0.2, 0) is 9.53 Å². The molecule has 1 aromatic rings. The van der Waals surface area contributed by atoms with Crippen LogP contribution in [0.4, 0.5) is 11.4 Å². The molecule has 0 fully saturated rings. The third kappa shape index (κ3) is 5.33. The molecule has 1 unspecified atom stereocenters. The van der Waals surface area contributed by atoms with Gasteiger partial charge in [0.15, 0.2) is 0 Å². The summed E-state index contributed by atoms with van der Waals surface area (Å²) in [5.74, 6) is 0.171. The van der Waals surface area contributed by atoms with Gasteiger partial charge in [0.1, 0.15) is 5.75 Å². The van der Waals surface area contributed by atoms with E-state index in [1.54, 1.807) is 18.2 Å². The van der Waals surface area contributed by atoms with Gasteiger partial charge in [0.25, 0.3) is 0 Å². The second kappa shape index (κ2) is 7.31. The Bertz CT molecular complexity index is 446. The van der Waals surface area contributed by atoms with Crippen molar-refractivity contribution in [3.05, 3.63) is 30.9 Å². The van der Waals surface area contributed by atoms with Gasteiger partial charge in [-0.15, -0.1) is 0 Å². The Labute approximate surface area is 113 Å². The number of carbonyl (C=O) groups excluding carboxylic acids is 1. The van der Waals surface area contributed by atoms with Crippen LogP contribution >= 0.6 is 0 Å². The molecule has 5 heteroatoms. The van der Waals surface area contributed by atoms with E-state index in [0.29, 0.717) is 30.2 Å². The van der Waals surface area contributed by atoms with Crippen molar-refractivity contribution < 1.29 is 14.3 Å². The maximum atomic E-state index is 11.0. The lowest BCUT2D eigenvalue weighted by Crippen LogP contribution is -2.14. The molecule has 0 spiro atoms. The maximum absolute atomic E-state index is 11.0. The van der Waals surface area contributed by atoms with E-state index in [1.165, 1.54) is 0 Å². The fourth-order valence-electron chi connectivity index (χ4n) is 1.53. The molecule has 19 heavy (non-hydrogen) atoms. The minimum atomic E-state index is -0.409. The van der Waals surface area contributed by atoms with Crippen LogP contribution in [0.2, 0.25) is 0 Å². The van der Waals surface area contributed by atoms with Gasteiger partial charge in [0.2, 0.25) is 0 Å². The summed E-state index contributed by atoms with van der Waals surface area (Å²) in [5, 5.41) is 0. The molecule has 5 nitrogen and oxygen atoms in total.